The van der Waals surface area contributed by atoms with Gasteiger partial charge >= 0.3 is 0 Å². The maximum atomic E-state index is 6.94. The van der Waals surface area contributed by atoms with E-state index in [0.29, 0.717) is 0 Å². The molecule has 12 aromatic rings. The van der Waals surface area contributed by atoms with Crippen molar-refractivity contribution in [3.63, 3.8) is 0 Å². The minimum Gasteiger partial charge on any atom is -0.456 e. The molecule has 329 valence electrons. The Labute approximate surface area is 404 Å². The standard InChI is InChI=1S/C61H49BN3OS2/c1-59(2,3)34-17-19-35(20-18-34)63-47-30-52-41(42-27-44-45(28-51(42)66-52)61(6,7)24-23-60(44,4)5)25-39(47)37-21-22-38-40-26-43-36-15-11-12-16-53(36)67-54(43)31-49(40)65-50-32-55-48(29-46(50)62-56(37)57(38)65)64-58(68-55)33-13-9-8-10-14-33/h8-22,25-32,63H,23-24H2,1-7H3. The van der Waals surface area contributed by atoms with Gasteiger partial charge in [0, 0.05) is 75.8 Å². The van der Waals surface area contributed by atoms with Crippen molar-refractivity contribution in [3.8, 4) is 27.4 Å². The second-order valence-electron chi connectivity index (χ2n) is 21.7. The number of rotatable bonds is 4. The highest BCUT2D eigenvalue weighted by molar-refractivity contribution is 7.26. The molecule has 68 heavy (non-hydrogen) atoms. The topological polar surface area (TPSA) is 43.0 Å². The molecule has 14 rings (SSSR count). The average Bonchev–Trinajstić information content (AvgIpc) is 4.09. The smallest absolute Gasteiger partial charge is 0.198 e. The van der Waals surface area contributed by atoms with E-state index in [4.69, 9.17) is 9.40 Å². The Morgan fingerprint density at radius 1 is 0.618 bits per heavy atom. The number of thiazole rings is 1. The third kappa shape index (κ3) is 5.94. The zero-order valence-electron chi connectivity index (χ0n) is 39.4. The van der Waals surface area contributed by atoms with Crippen LogP contribution in [0.4, 0.5) is 11.4 Å². The summed E-state index contributed by atoms with van der Waals surface area (Å²) in [5.74, 6) is 0. The van der Waals surface area contributed by atoms with Gasteiger partial charge in [0.15, 0.2) is 7.28 Å². The first kappa shape index (κ1) is 40.4. The molecule has 0 bridgehead atoms. The third-order valence-corrected chi connectivity index (χ3v) is 17.7. The fourth-order valence-electron chi connectivity index (χ4n) is 11.5. The lowest BCUT2D eigenvalue weighted by Crippen LogP contribution is -2.37. The lowest BCUT2D eigenvalue weighted by Gasteiger charge is -2.41. The summed E-state index contributed by atoms with van der Waals surface area (Å²) in [6, 6.07) is 52.2. The van der Waals surface area contributed by atoms with Crippen LogP contribution in [0.3, 0.4) is 0 Å². The van der Waals surface area contributed by atoms with Gasteiger partial charge in [0.2, 0.25) is 0 Å². The third-order valence-electron chi connectivity index (χ3n) is 15.5. The maximum absolute atomic E-state index is 6.94. The summed E-state index contributed by atoms with van der Waals surface area (Å²) in [5, 5.41) is 12.4. The van der Waals surface area contributed by atoms with Gasteiger partial charge in [-0.1, -0.05) is 127 Å². The summed E-state index contributed by atoms with van der Waals surface area (Å²) in [7, 11) is 2.44. The van der Waals surface area contributed by atoms with Gasteiger partial charge in [-0.2, -0.15) is 0 Å². The highest BCUT2D eigenvalue weighted by Gasteiger charge is 2.38. The van der Waals surface area contributed by atoms with Gasteiger partial charge in [-0.05, 0) is 117 Å². The molecule has 0 saturated heterocycles. The fourth-order valence-corrected chi connectivity index (χ4v) is 13.7. The zero-order valence-corrected chi connectivity index (χ0v) is 41.0. The van der Waals surface area contributed by atoms with E-state index in [1.165, 1.54) is 85.5 Å². The van der Waals surface area contributed by atoms with Gasteiger partial charge in [-0.3, -0.25) is 0 Å². The lowest BCUT2D eigenvalue weighted by molar-refractivity contribution is 0.332. The summed E-state index contributed by atoms with van der Waals surface area (Å²) >= 11 is 3.65. The van der Waals surface area contributed by atoms with Crippen molar-refractivity contribution in [2.75, 3.05) is 5.32 Å². The number of anilines is 2. The highest BCUT2D eigenvalue weighted by atomic mass is 32.1. The van der Waals surface area contributed by atoms with Crippen LogP contribution in [0, 0.1) is 0 Å². The maximum Gasteiger partial charge on any atom is 0.198 e. The van der Waals surface area contributed by atoms with Gasteiger partial charge in [-0.25, -0.2) is 4.98 Å². The number of thiophene rings is 1. The van der Waals surface area contributed by atoms with Crippen LogP contribution >= 0.6 is 22.7 Å². The van der Waals surface area contributed by atoms with Crippen LogP contribution in [0.25, 0.3) is 102 Å². The quantitative estimate of drug-likeness (QED) is 0.179. The largest absolute Gasteiger partial charge is 0.456 e. The first-order valence-electron chi connectivity index (χ1n) is 24.0. The van der Waals surface area contributed by atoms with Crippen LogP contribution in [0.2, 0.25) is 0 Å². The summed E-state index contributed by atoms with van der Waals surface area (Å²) < 4.78 is 13.3. The number of nitrogens with zero attached hydrogens (tertiary/aromatic N) is 2. The number of fused-ring (bicyclic) bond motifs is 13. The van der Waals surface area contributed by atoms with E-state index in [0.717, 1.165) is 67.9 Å². The molecule has 8 aromatic carbocycles. The molecule has 0 fully saturated rings. The monoisotopic (exact) mass is 914 g/mol. The van der Waals surface area contributed by atoms with Crippen molar-refractivity contribution in [3.05, 3.63) is 156 Å². The fraction of sp³-hybridized carbons (Fsp3) is 0.197. The number of hydrogen-bond acceptors (Lipinski definition) is 5. The Morgan fingerprint density at radius 3 is 2.15 bits per heavy atom. The highest BCUT2D eigenvalue weighted by Crippen LogP contribution is 2.50. The number of furan rings is 1. The van der Waals surface area contributed by atoms with E-state index in [1.54, 1.807) is 11.3 Å². The Hall–Kier alpha value is -6.67. The van der Waals surface area contributed by atoms with Gasteiger partial charge in [0.05, 0.1) is 21.4 Å². The van der Waals surface area contributed by atoms with Crippen molar-refractivity contribution in [1.82, 2.24) is 9.55 Å². The normalized spacial score (nSPS) is 15.2. The van der Waals surface area contributed by atoms with E-state index in [1.807, 2.05) is 11.3 Å². The molecule has 1 N–H and O–H groups in total. The summed E-state index contributed by atoms with van der Waals surface area (Å²) in [6.07, 6.45) is 2.31. The minimum absolute atomic E-state index is 0.0529. The molecule has 5 heterocycles. The molecule has 0 unspecified atom stereocenters. The molecule has 4 nitrogen and oxygen atoms in total. The molecule has 2 aliphatic rings. The first-order chi connectivity index (χ1) is 32.8. The van der Waals surface area contributed by atoms with Crippen LogP contribution in [-0.4, -0.2) is 16.8 Å². The molecule has 1 radical (unpaired) electrons. The molecule has 1 aliphatic carbocycles. The van der Waals surface area contributed by atoms with Gasteiger partial charge in [-0.15, -0.1) is 22.7 Å². The van der Waals surface area contributed by atoms with Crippen LogP contribution in [-0.2, 0) is 16.2 Å². The molecule has 7 heteroatoms. The molecular weight excluding hydrogens is 866 g/mol. The van der Waals surface area contributed by atoms with Crippen LogP contribution in [0.1, 0.15) is 78.0 Å². The predicted octanol–water partition coefficient (Wildman–Crippen LogP) is 16.4. The average molecular weight is 915 g/mol. The van der Waals surface area contributed by atoms with Gasteiger partial charge in [0.25, 0.3) is 0 Å². The molecule has 0 saturated carbocycles. The summed E-state index contributed by atoms with van der Waals surface area (Å²) in [4.78, 5) is 5.25. The predicted molar refractivity (Wildman–Crippen MR) is 294 cm³/mol. The van der Waals surface area contributed by atoms with Crippen LogP contribution in [0.5, 0.6) is 0 Å². The Kier molecular flexibility index (Phi) is 8.30. The minimum atomic E-state index is 0.0529. The molecule has 4 aromatic heterocycles. The van der Waals surface area contributed by atoms with E-state index in [2.05, 4.69) is 205 Å². The van der Waals surface area contributed by atoms with Crippen LogP contribution in [0.15, 0.2) is 144 Å². The molecule has 0 amide bonds. The van der Waals surface area contributed by atoms with Gasteiger partial charge < -0.3 is 14.3 Å². The molecule has 0 spiro atoms. The van der Waals surface area contributed by atoms with E-state index >= 15 is 0 Å². The SMILES string of the molecule is CC(C)(C)c1ccc(Nc2cc3oc4cc5c(cc4c3cc2-c2ccc3c4cc6c(cc4n4c3c2[B]c2cc3nc(-c7ccccc7)sc3cc2-4)sc2ccccc26)C(C)(C)CCC5(C)C)cc1. The second-order valence-corrected chi connectivity index (χ2v) is 23.9. The van der Waals surface area contributed by atoms with Gasteiger partial charge in [0.1, 0.15) is 16.2 Å². The van der Waals surface area contributed by atoms with Crippen molar-refractivity contribution in [2.45, 2.75) is 77.6 Å². The van der Waals surface area contributed by atoms with Crippen molar-refractivity contribution in [2.24, 2.45) is 0 Å². The lowest BCUT2D eigenvalue weighted by atomic mass is 9.59. The second kappa shape index (κ2) is 14.0. The summed E-state index contributed by atoms with van der Waals surface area (Å²) in [6.45, 7) is 16.4. The first-order valence-corrected chi connectivity index (χ1v) is 25.6. The van der Waals surface area contributed by atoms with Crippen molar-refractivity contribution >= 4 is 126 Å². The van der Waals surface area contributed by atoms with Crippen LogP contribution < -0.4 is 16.2 Å². The number of aromatic nitrogens is 2. The molecular formula is C61H49BN3OS2. The summed E-state index contributed by atoms with van der Waals surface area (Å²) in [5.41, 5.74) is 18.7. The van der Waals surface area contributed by atoms with Crippen molar-refractivity contribution in [1.29, 1.82) is 0 Å². The number of benzene rings is 8. The Balaban J connectivity index is 1.05. The molecule has 1 aliphatic heterocycles. The molecule has 0 atom stereocenters. The van der Waals surface area contributed by atoms with Crippen molar-refractivity contribution < 1.29 is 4.42 Å². The van der Waals surface area contributed by atoms with E-state index in [9.17, 15) is 0 Å². The van der Waals surface area contributed by atoms with E-state index in [-0.39, 0.29) is 16.2 Å². The Bertz CT molecular complexity index is 4120. The number of nitrogens with one attached hydrogen (secondary N) is 1. The number of hydrogen-bond donors (Lipinski definition) is 1. The van der Waals surface area contributed by atoms with E-state index < -0.39 is 0 Å². The Morgan fingerprint density at radius 2 is 1.35 bits per heavy atom. The zero-order chi connectivity index (χ0) is 46.0.